The van der Waals surface area contributed by atoms with Crippen LogP contribution in [0.4, 0.5) is 13.2 Å². The first-order valence-corrected chi connectivity index (χ1v) is 5.73. The Morgan fingerprint density at radius 1 is 1.37 bits per heavy atom. The van der Waals surface area contributed by atoms with Gasteiger partial charge in [-0.3, -0.25) is 0 Å². The Morgan fingerprint density at radius 3 is 2.58 bits per heavy atom. The lowest BCUT2D eigenvalue weighted by atomic mass is 10.1. The zero-order valence-corrected chi connectivity index (χ0v) is 10.6. The minimum Gasteiger partial charge on any atom is -0.359 e. The maximum absolute atomic E-state index is 13.7. The van der Waals surface area contributed by atoms with Crippen LogP contribution < -0.4 is 0 Å². The average molecular weight is 291 g/mol. The Hall–Kier alpha value is -1.53. The number of aliphatic hydroxyl groups excluding tert-OH is 1. The van der Waals surface area contributed by atoms with Gasteiger partial charge in [0, 0.05) is 11.2 Å². The van der Waals surface area contributed by atoms with Crippen LogP contribution in [0, 0.1) is 6.92 Å². The molecule has 3 nitrogen and oxygen atoms in total. The summed E-state index contributed by atoms with van der Waals surface area (Å²) in [6.07, 6.45) is -1.85. The van der Waals surface area contributed by atoms with Gasteiger partial charge in [-0.05, 0) is 31.2 Å². The van der Waals surface area contributed by atoms with Crippen LogP contribution in [-0.4, -0.2) is 21.2 Å². The van der Waals surface area contributed by atoms with Crippen molar-refractivity contribution >= 4 is 11.6 Å². The highest BCUT2D eigenvalue weighted by Gasteiger charge is 2.43. The molecule has 1 unspecified atom stereocenters. The van der Waals surface area contributed by atoms with Crippen molar-refractivity contribution in [2.75, 3.05) is 0 Å². The van der Waals surface area contributed by atoms with Crippen molar-refractivity contribution in [3.63, 3.8) is 0 Å². The molecule has 1 aromatic carbocycles. The van der Waals surface area contributed by atoms with E-state index in [1.54, 1.807) is 13.0 Å². The Balaban J connectivity index is 2.63. The van der Waals surface area contributed by atoms with E-state index in [0.717, 1.165) is 10.7 Å². The van der Waals surface area contributed by atoms with Gasteiger partial charge < -0.3 is 5.11 Å². The second-order valence-electron chi connectivity index (χ2n) is 4.02. The molecule has 1 N–H and O–H groups in total. The van der Waals surface area contributed by atoms with E-state index < -0.39 is 17.8 Å². The fraction of sp³-hybridized carbons (Fsp3) is 0.250. The van der Waals surface area contributed by atoms with E-state index in [1.807, 2.05) is 0 Å². The molecule has 2 aromatic rings. The number of rotatable bonds is 3. The molecule has 2 rings (SSSR count). The zero-order valence-electron chi connectivity index (χ0n) is 9.82. The molecule has 0 fully saturated rings. The lowest BCUT2D eigenvalue weighted by Gasteiger charge is -2.20. The lowest BCUT2D eigenvalue weighted by Crippen LogP contribution is -2.28. The third-order valence-corrected chi connectivity index (χ3v) is 2.82. The molecule has 0 amide bonds. The van der Waals surface area contributed by atoms with Crippen molar-refractivity contribution < 1.29 is 18.3 Å². The van der Waals surface area contributed by atoms with Crippen LogP contribution in [0.2, 0.25) is 5.02 Å². The highest BCUT2D eigenvalue weighted by Crippen LogP contribution is 2.37. The smallest absolute Gasteiger partial charge is 0.329 e. The maximum atomic E-state index is 13.7. The summed E-state index contributed by atoms with van der Waals surface area (Å²) in [5.41, 5.74) is -0.160. The van der Waals surface area contributed by atoms with Crippen LogP contribution in [0.1, 0.15) is 11.3 Å². The number of aromatic nitrogens is 2. The summed E-state index contributed by atoms with van der Waals surface area (Å²) >= 11 is 5.76. The van der Waals surface area contributed by atoms with Crippen LogP contribution in [0.25, 0.3) is 5.69 Å². The SMILES string of the molecule is Cc1ccn(-c2cc(Cl)ccc2C(F)(F)C(O)F)n1. The summed E-state index contributed by atoms with van der Waals surface area (Å²) in [4.78, 5) is 0. The molecule has 19 heavy (non-hydrogen) atoms. The first-order chi connectivity index (χ1) is 8.82. The van der Waals surface area contributed by atoms with Gasteiger partial charge in [0.25, 0.3) is 6.36 Å². The Morgan fingerprint density at radius 2 is 2.05 bits per heavy atom. The standard InChI is InChI=1S/C12H10ClF3N2O/c1-7-4-5-18(17-7)10-6-8(13)2-3-9(10)12(15,16)11(14)19/h2-6,11,19H,1H3. The molecule has 0 aliphatic carbocycles. The molecule has 0 radical (unpaired) electrons. The molecule has 7 heteroatoms. The molecule has 0 saturated heterocycles. The number of nitrogens with zero attached hydrogens (tertiary/aromatic N) is 2. The van der Waals surface area contributed by atoms with E-state index in [1.165, 1.54) is 18.3 Å². The van der Waals surface area contributed by atoms with Crippen LogP contribution in [0.15, 0.2) is 30.5 Å². The van der Waals surface area contributed by atoms with E-state index in [4.69, 9.17) is 16.7 Å². The van der Waals surface area contributed by atoms with Gasteiger partial charge in [-0.1, -0.05) is 11.6 Å². The van der Waals surface area contributed by atoms with E-state index in [-0.39, 0.29) is 10.7 Å². The second-order valence-corrected chi connectivity index (χ2v) is 4.46. The van der Waals surface area contributed by atoms with Crippen molar-refractivity contribution in [3.8, 4) is 5.69 Å². The monoisotopic (exact) mass is 290 g/mol. The van der Waals surface area contributed by atoms with Crippen molar-refractivity contribution in [1.82, 2.24) is 9.78 Å². The normalized spacial score (nSPS) is 13.6. The summed E-state index contributed by atoms with van der Waals surface area (Å²) in [5.74, 6) is -4.04. The summed E-state index contributed by atoms with van der Waals surface area (Å²) in [6, 6.07) is 5.01. The van der Waals surface area contributed by atoms with E-state index in [0.29, 0.717) is 5.69 Å². The van der Waals surface area contributed by atoms with Gasteiger partial charge in [0.15, 0.2) is 0 Å². The molecule has 0 aliphatic heterocycles. The van der Waals surface area contributed by atoms with Gasteiger partial charge in [0.1, 0.15) is 0 Å². The summed E-state index contributed by atoms with van der Waals surface area (Å²) in [7, 11) is 0. The topological polar surface area (TPSA) is 38.0 Å². The molecule has 1 heterocycles. The Bertz CT molecular complexity index is 598. The second kappa shape index (κ2) is 4.86. The largest absolute Gasteiger partial charge is 0.359 e. The molecular weight excluding hydrogens is 281 g/mol. The number of aryl methyl sites for hydroxylation is 1. The van der Waals surface area contributed by atoms with Crippen molar-refractivity contribution in [1.29, 1.82) is 0 Å². The predicted molar refractivity (Wildman–Crippen MR) is 64.3 cm³/mol. The van der Waals surface area contributed by atoms with Gasteiger partial charge in [0.05, 0.1) is 16.9 Å². The number of hydrogen-bond donors (Lipinski definition) is 1. The van der Waals surface area contributed by atoms with E-state index in [2.05, 4.69) is 5.10 Å². The predicted octanol–water partition coefficient (Wildman–Crippen LogP) is 3.21. The summed E-state index contributed by atoms with van der Waals surface area (Å²) in [5, 5.41) is 12.8. The van der Waals surface area contributed by atoms with Gasteiger partial charge in [-0.15, -0.1) is 0 Å². The van der Waals surface area contributed by atoms with E-state index in [9.17, 15) is 13.2 Å². The quantitative estimate of drug-likeness (QED) is 0.942. The highest BCUT2D eigenvalue weighted by molar-refractivity contribution is 6.30. The summed E-state index contributed by atoms with van der Waals surface area (Å²) in [6.45, 7) is 1.68. The minimum absolute atomic E-state index is 0.0812. The number of benzene rings is 1. The first kappa shape index (κ1) is 13.9. The molecule has 1 aromatic heterocycles. The third-order valence-electron chi connectivity index (χ3n) is 2.59. The molecule has 1 atom stereocenters. The number of halogens is 4. The van der Waals surface area contributed by atoms with Crippen molar-refractivity contribution in [2.45, 2.75) is 19.2 Å². The van der Waals surface area contributed by atoms with Crippen LogP contribution in [-0.2, 0) is 5.92 Å². The van der Waals surface area contributed by atoms with Crippen molar-refractivity contribution in [3.05, 3.63) is 46.7 Å². The van der Waals surface area contributed by atoms with Gasteiger partial charge in [-0.25, -0.2) is 9.07 Å². The average Bonchev–Trinajstić information content (AvgIpc) is 2.75. The minimum atomic E-state index is -4.04. The molecule has 0 spiro atoms. The molecule has 0 aliphatic rings. The Kier molecular flexibility index (Phi) is 3.56. The molecular formula is C12H10ClF3N2O. The zero-order chi connectivity index (χ0) is 14.2. The van der Waals surface area contributed by atoms with Crippen LogP contribution in [0.5, 0.6) is 0 Å². The van der Waals surface area contributed by atoms with Crippen molar-refractivity contribution in [2.24, 2.45) is 0 Å². The number of aliphatic hydroxyl groups is 1. The first-order valence-electron chi connectivity index (χ1n) is 5.35. The fourth-order valence-electron chi connectivity index (χ4n) is 1.65. The molecule has 0 saturated carbocycles. The third kappa shape index (κ3) is 2.59. The van der Waals surface area contributed by atoms with Gasteiger partial charge in [0.2, 0.25) is 0 Å². The maximum Gasteiger partial charge on any atom is 0.329 e. The van der Waals surface area contributed by atoms with Gasteiger partial charge >= 0.3 is 5.92 Å². The van der Waals surface area contributed by atoms with E-state index >= 15 is 0 Å². The Labute approximate surface area is 112 Å². The molecule has 0 bridgehead atoms. The lowest BCUT2D eigenvalue weighted by molar-refractivity contribution is -0.174. The number of hydrogen-bond acceptors (Lipinski definition) is 2. The molecule has 102 valence electrons. The number of alkyl halides is 3. The van der Waals surface area contributed by atoms with Gasteiger partial charge in [-0.2, -0.15) is 13.9 Å². The van der Waals surface area contributed by atoms with Crippen LogP contribution >= 0.6 is 11.6 Å². The highest BCUT2D eigenvalue weighted by atomic mass is 35.5. The van der Waals surface area contributed by atoms with Crippen LogP contribution in [0.3, 0.4) is 0 Å². The fourth-order valence-corrected chi connectivity index (χ4v) is 1.82. The summed E-state index contributed by atoms with van der Waals surface area (Å²) < 4.78 is 41.2.